The fraction of sp³-hybridized carbons (Fsp3) is 0.286. The third-order valence-corrected chi connectivity index (χ3v) is 4.04. The van der Waals surface area contributed by atoms with Crippen LogP contribution >= 0.6 is 11.3 Å². The third-order valence-electron chi connectivity index (χ3n) is 2.86. The van der Waals surface area contributed by atoms with Crippen LogP contribution in [-0.2, 0) is 6.54 Å². The zero-order valence-corrected chi connectivity index (χ0v) is 12.1. The Labute approximate surface area is 116 Å². The molecule has 4 nitrogen and oxygen atoms in total. The van der Waals surface area contributed by atoms with Crippen molar-refractivity contribution in [2.45, 2.75) is 27.3 Å². The molecule has 0 aliphatic rings. The minimum atomic E-state index is -0.122. The van der Waals surface area contributed by atoms with Crippen LogP contribution in [0.2, 0.25) is 0 Å². The number of rotatable bonds is 3. The summed E-state index contributed by atoms with van der Waals surface area (Å²) < 4.78 is 0. The average Bonchev–Trinajstić information content (AvgIpc) is 2.75. The van der Waals surface area contributed by atoms with Crippen LogP contribution in [0.3, 0.4) is 0 Å². The van der Waals surface area contributed by atoms with Gasteiger partial charge in [0.05, 0.1) is 5.69 Å². The average molecular weight is 275 g/mol. The molecule has 2 rings (SSSR count). The van der Waals surface area contributed by atoms with E-state index in [1.165, 1.54) is 11.3 Å². The molecule has 1 amide bonds. The van der Waals surface area contributed by atoms with Gasteiger partial charge in [-0.1, -0.05) is 12.1 Å². The highest BCUT2D eigenvalue weighted by Crippen LogP contribution is 2.21. The number of nitrogens with zero attached hydrogens (tertiary/aromatic N) is 1. The van der Waals surface area contributed by atoms with E-state index in [4.69, 9.17) is 5.73 Å². The molecule has 0 spiro atoms. The molecule has 0 aliphatic carbocycles. The van der Waals surface area contributed by atoms with Crippen LogP contribution in [0.5, 0.6) is 0 Å². The number of nitrogens with two attached hydrogens (primary N) is 1. The summed E-state index contributed by atoms with van der Waals surface area (Å²) in [4.78, 5) is 17.1. The molecule has 1 aromatic heterocycles. The highest BCUT2D eigenvalue weighted by atomic mass is 32.1. The topological polar surface area (TPSA) is 68.0 Å². The van der Waals surface area contributed by atoms with E-state index >= 15 is 0 Å². The predicted molar refractivity (Wildman–Crippen MR) is 78.6 cm³/mol. The zero-order valence-electron chi connectivity index (χ0n) is 11.3. The molecule has 0 fully saturated rings. The fourth-order valence-corrected chi connectivity index (χ4v) is 2.64. The molecule has 0 bridgehead atoms. The van der Waals surface area contributed by atoms with Gasteiger partial charge >= 0.3 is 0 Å². The molecule has 3 N–H and O–H groups in total. The molecule has 0 radical (unpaired) electrons. The standard InChI is InChI=1S/C14H17N3OS/c1-8-4-5-9(2)11(6-8)17-14(18)13-10(3)16-12(7-15)19-13/h4-6H,7,15H2,1-3H3,(H,17,18). The lowest BCUT2D eigenvalue weighted by Crippen LogP contribution is -2.12. The van der Waals surface area contributed by atoms with Crippen molar-refractivity contribution in [3.8, 4) is 0 Å². The van der Waals surface area contributed by atoms with Crippen LogP contribution in [0.4, 0.5) is 5.69 Å². The van der Waals surface area contributed by atoms with E-state index < -0.39 is 0 Å². The first-order chi connectivity index (χ1) is 9.01. The molecule has 19 heavy (non-hydrogen) atoms. The minimum Gasteiger partial charge on any atom is -0.325 e. The maximum atomic E-state index is 12.2. The van der Waals surface area contributed by atoms with E-state index in [1.807, 2.05) is 39.0 Å². The second-order valence-corrected chi connectivity index (χ2v) is 5.58. The van der Waals surface area contributed by atoms with Gasteiger partial charge in [-0.3, -0.25) is 4.79 Å². The molecule has 0 atom stereocenters. The molecule has 1 heterocycles. The summed E-state index contributed by atoms with van der Waals surface area (Å²) in [6.45, 7) is 6.16. The number of amides is 1. The summed E-state index contributed by atoms with van der Waals surface area (Å²) in [5.41, 5.74) is 9.27. The summed E-state index contributed by atoms with van der Waals surface area (Å²) in [5, 5.41) is 3.72. The number of benzene rings is 1. The quantitative estimate of drug-likeness (QED) is 0.905. The van der Waals surface area contributed by atoms with Crippen molar-refractivity contribution in [3.05, 3.63) is 44.9 Å². The van der Waals surface area contributed by atoms with Crippen molar-refractivity contribution in [2.75, 3.05) is 5.32 Å². The Bertz CT molecular complexity index is 619. The lowest BCUT2D eigenvalue weighted by Gasteiger charge is -2.08. The van der Waals surface area contributed by atoms with Gasteiger partial charge in [-0.05, 0) is 38.0 Å². The third kappa shape index (κ3) is 3.00. The van der Waals surface area contributed by atoms with Crippen LogP contribution in [0.15, 0.2) is 18.2 Å². The Morgan fingerprint density at radius 3 is 2.74 bits per heavy atom. The highest BCUT2D eigenvalue weighted by Gasteiger charge is 2.15. The lowest BCUT2D eigenvalue weighted by atomic mass is 10.1. The lowest BCUT2D eigenvalue weighted by molar-refractivity contribution is 0.102. The van der Waals surface area contributed by atoms with E-state index in [2.05, 4.69) is 10.3 Å². The Hall–Kier alpha value is -1.72. The number of hydrogen-bond acceptors (Lipinski definition) is 4. The number of nitrogens with one attached hydrogen (secondary N) is 1. The molecule has 0 aliphatic heterocycles. The van der Waals surface area contributed by atoms with Crippen molar-refractivity contribution in [1.29, 1.82) is 0 Å². The molecule has 0 saturated carbocycles. The summed E-state index contributed by atoms with van der Waals surface area (Å²) in [6.07, 6.45) is 0. The van der Waals surface area contributed by atoms with Crippen LogP contribution < -0.4 is 11.1 Å². The SMILES string of the molecule is Cc1ccc(C)c(NC(=O)c2sc(CN)nc2C)c1. The van der Waals surface area contributed by atoms with E-state index in [-0.39, 0.29) is 5.91 Å². The van der Waals surface area contributed by atoms with Gasteiger partial charge in [0, 0.05) is 12.2 Å². The Morgan fingerprint density at radius 1 is 1.37 bits per heavy atom. The van der Waals surface area contributed by atoms with Crippen molar-refractivity contribution >= 4 is 22.9 Å². The zero-order chi connectivity index (χ0) is 14.0. The molecule has 0 saturated heterocycles. The molecule has 2 aromatic rings. The van der Waals surface area contributed by atoms with Gasteiger partial charge in [0.1, 0.15) is 9.88 Å². The van der Waals surface area contributed by atoms with Crippen molar-refractivity contribution in [2.24, 2.45) is 5.73 Å². The van der Waals surface area contributed by atoms with Gasteiger partial charge in [0.15, 0.2) is 0 Å². The number of thiazole rings is 1. The van der Waals surface area contributed by atoms with Crippen LogP contribution in [0.1, 0.15) is 31.5 Å². The number of hydrogen-bond donors (Lipinski definition) is 2. The number of aryl methyl sites for hydroxylation is 3. The maximum Gasteiger partial charge on any atom is 0.267 e. The van der Waals surface area contributed by atoms with E-state index in [0.29, 0.717) is 11.4 Å². The van der Waals surface area contributed by atoms with Gasteiger partial charge in [-0.2, -0.15) is 0 Å². The van der Waals surface area contributed by atoms with Crippen molar-refractivity contribution in [1.82, 2.24) is 4.98 Å². The maximum absolute atomic E-state index is 12.2. The first kappa shape index (κ1) is 13.7. The molecule has 0 unspecified atom stereocenters. The van der Waals surface area contributed by atoms with Gasteiger partial charge in [0.25, 0.3) is 5.91 Å². The molecule has 5 heteroatoms. The van der Waals surface area contributed by atoms with E-state index in [0.717, 1.165) is 27.5 Å². The number of anilines is 1. The van der Waals surface area contributed by atoms with Gasteiger partial charge < -0.3 is 11.1 Å². The van der Waals surface area contributed by atoms with E-state index in [9.17, 15) is 4.79 Å². The highest BCUT2D eigenvalue weighted by molar-refractivity contribution is 7.13. The second kappa shape index (κ2) is 5.50. The number of carbonyl (C=O) groups is 1. The summed E-state index contributed by atoms with van der Waals surface area (Å²) in [7, 11) is 0. The smallest absolute Gasteiger partial charge is 0.267 e. The first-order valence-corrected chi connectivity index (χ1v) is 6.88. The molecule has 1 aromatic carbocycles. The van der Waals surface area contributed by atoms with Crippen LogP contribution in [0, 0.1) is 20.8 Å². The number of aromatic nitrogens is 1. The predicted octanol–water partition coefficient (Wildman–Crippen LogP) is 2.78. The minimum absolute atomic E-state index is 0.122. The van der Waals surface area contributed by atoms with Crippen LogP contribution in [0.25, 0.3) is 0 Å². The monoisotopic (exact) mass is 275 g/mol. The second-order valence-electron chi connectivity index (χ2n) is 4.50. The Balaban J connectivity index is 2.25. The molecule has 100 valence electrons. The molecular weight excluding hydrogens is 258 g/mol. The normalized spacial score (nSPS) is 10.5. The van der Waals surface area contributed by atoms with E-state index in [1.54, 1.807) is 0 Å². The summed E-state index contributed by atoms with van der Waals surface area (Å²) in [5.74, 6) is -0.122. The number of carbonyl (C=O) groups excluding carboxylic acids is 1. The van der Waals surface area contributed by atoms with Crippen LogP contribution in [-0.4, -0.2) is 10.9 Å². The van der Waals surface area contributed by atoms with Gasteiger partial charge in [-0.15, -0.1) is 11.3 Å². The fourth-order valence-electron chi connectivity index (χ4n) is 1.80. The van der Waals surface area contributed by atoms with Gasteiger partial charge in [0.2, 0.25) is 0 Å². The Kier molecular flexibility index (Phi) is 3.97. The summed E-state index contributed by atoms with van der Waals surface area (Å²) >= 11 is 1.35. The van der Waals surface area contributed by atoms with Crippen molar-refractivity contribution in [3.63, 3.8) is 0 Å². The largest absolute Gasteiger partial charge is 0.325 e. The Morgan fingerprint density at radius 2 is 2.11 bits per heavy atom. The van der Waals surface area contributed by atoms with Crippen molar-refractivity contribution < 1.29 is 4.79 Å². The summed E-state index contributed by atoms with van der Waals surface area (Å²) in [6, 6.07) is 5.98. The van der Waals surface area contributed by atoms with Gasteiger partial charge in [-0.25, -0.2) is 4.98 Å². The molecular formula is C14H17N3OS. The first-order valence-electron chi connectivity index (χ1n) is 6.06.